The highest BCUT2D eigenvalue weighted by molar-refractivity contribution is 7.99. The summed E-state index contributed by atoms with van der Waals surface area (Å²) in [5.41, 5.74) is 2.71. The van der Waals surface area contributed by atoms with Gasteiger partial charge < -0.3 is 24.1 Å². The van der Waals surface area contributed by atoms with Crippen molar-refractivity contribution in [2.45, 2.75) is 32.5 Å². The van der Waals surface area contributed by atoms with Gasteiger partial charge in [0.05, 0.1) is 25.5 Å². The summed E-state index contributed by atoms with van der Waals surface area (Å²) >= 11 is 2.14. The van der Waals surface area contributed by atoms with Gasteiger partial charge in [0, 0.05) is 7.05 Å². The van der Waals surface area contributed by atoms with E-state index in [1.165, 1.54) is 26.0 Å². The number of nitrogens with zero attached hydrogens (tertiary/aromatic N) is 3. The van der Waals surface area contributed by atoms with Crippen molar-refractivity contribution in [3.05, 3.63) is 51.2 Å². The first-order valence-corrected chi connectivity index (χ1v) is 12.3. The van der Waals surface area contributed by atoms with E-state index >= 15 is 0 Å². The van der Waals surface area contributed by atoms with Crippen molar-refractivity contribution >= 4 is 45.9 Å². The molecule has 1 N–H and O–H groups in total. The van der Waals surface area contributed by atoms with Gasteiger partial charge in [0.15, 0.2) is 11.0 Å². The number of aromatic nitrogens is 3. The molecule has 0 saturated heterocycles. The average Bonchev–Trinajstić information content (AvgIpc) is 3.36. The molecular weight excluding hydrogens is 492 g/mol. The number of esters is 2. The first-order chi connectivity index (χ1) is 16.7. The number of aryl methyl sites for hydroxylation is 1. The first-order valence-electron chi connectivity index (χ1n) is 10.5. The number of anilines is 1. The Labute approximate surface area is 211 Å². The highest BCUT2D eigenvalue weighted by atomic mass is 32.2. The summed E-state index contributed by atoms with van der Waals surface area (Å²) in [6.07, 6.45) is 0. The number of carbonyl (C=O) groups excluding carboxylic acids is 3. The number of thioether (sulfide) groups is 1. The molecule has 0 unspecified atom stereocenters. The Hall–Kier alpha value is -3.38. The zero-order chi connectivity index (χ0) is 25.7. The highest BCUT2D eigenvalue weighted by Gasteiger charge is 2.27. The van der Waals surface area contributed by atoms with E-state index in [1.807, 2.05) is 32.0 Å². The second kappa shape index (κ2) is 11.4. The predicted octanol–water partition coefficient (Wildman–Crippen LogP) is 3.68. The van der Waals surface area contributed by atoms with Gasteiger partial charge in [0.25, 0.3) is 0 Å². The predicted molar refractivity (Wildman–Crippen MR) is 132 cm³/mol. The maximum absolute atomic E-state index is 12.6. The lowest BCUT2D eigenvalue weighted by Crippen LogP contribution is -2.16. The number of hydrogen-bond donors (Lipinski definition) is 1. The summed E-state index contributed by atoms with van der Waals surface area (Å²) in [5, 5.41) is 11.7. The van der Waals surface area contributed by atoms with Crippen molar-refractivity contribution in [3.8, 4) is 5.75 Å². The average molecular weight is 519 g/mol. The Morgan fingerprint density at radius 1 is 1.06 bits per heavy atom. The zero-order valence-corrected chi connectivity index (χ0v) is 21.9. The molecular formula is C23H26N4O6S2. The SMILES string of the molecule is COC(=O)c1sc(NC(=O)CSc2nnc(COc3cccc(C)c3C)n2C)c(C(=O)OC)c1C. The number of amides is 1. The van der Waals surface area contributed by atoms with E-state index in [4.69, 9.17) is 14.2 Å². The van der Waals surface area contributed by atoms with Crippen LogP contribution in [0.15, 0.2) is 23.4 Å². The Kier molecular flexibility index (Phi) is 8.52. The van der Waals surface area contributed by atoms with Crippen LogP contribution in [0.3, 0.4) is 0 Å². The Balaban J connectivity index is 1.65. The van der Waals surface area contributed by atoms with Gasteiger partial charge in [-0.2, -0.15) is 0 Å². The number of carbonyl (C=O) groups is 3. The van der Waals surface area contributed by atoms with Crippen LogP contribution in [-0.4, -0.2) is 52.6 Å². The normalized spacial score (nSPS) is 10.7. The van der Waals surface area contributed by atoms with Gasteiger partial charge in [0.2, 0.25) is 5.91 Å². The van der Waals surface area contributed by atoms with E-state index in [2.05, 4.69) is 15.5 Å². The van der Waals surface area contributed by atoms with Gasteiger partial charge in [-0.3, -0.25) is 4.79 Å². The van der Waals surface area contributed by atoms with Crippen molar-refractivity contribution < 1.29 is 28.6 Å². The molecule has 0 saturated carbocycles. The zero-order valence-electron chi connectivity index (χ0n) is 20.3. The number of hydrogen-bond acceptors (Lipinski definition) is 10. The summed E-state index contributed by atoms with van der Waals surface area (Å²) in [6.45, 7) is 5.84. The van der Waals surface area contributed by atoms with Crippen LogP contribution in [0.4, 0.5) is 5.00 Å². The van der Waals surface area contributed by atoms with Crippen molar-refractivity contribution in [2.75, 3.05) is 25.3 Å². The summed E-state index contributed by atoms with van der Waals surface area (Å²) in [5.74, 6) is -0.233. The standard InChI is InChI=1S/C23H26N4O6S2/c1-12-8-7-9-15(13(12)2)33-10-16-25-26-23(27(16)4)34-11-17(28)24-20-18(21(29)31-5)14(3)19(35-20)22(30)32-6/h7-9H,10-11H2,1-6H3,(H,24,28). The Morgan fingerprint density at radius 2 is 1.77 bits per heavy atom. The first kappa shape index (κ1) is 26.2. The van der Waals surface area contributed by atoms with Gasteiger partial charge >= 0.3 is 11.9 Å². The largest absolute Gasteiger partial charge is 0.485 e. The number of benzene rings is 1. The minimum Gasteiger partial charge on any atom is -0.485 e. The third kappa shape index (κ3) is 5.82. The molecule has 0 radical (unpaired) electrons. The quantitative estimate of drug-likeness (QED) is 0.334. The van der Waals surface area contributed by atoms with Crippen LogP contribution < -0.4 is 10.1 Å². The van der Waals surface area contributed by atoms with E-state index in [9.17, 15) is 14.4 Å². The highest BCUT2D eigenvalue weighted by Crippen LogP contribution is 2.34. The number of ether oxygens (including phenoxy) is 3. The van der Waals surface area contributed by atoms with Crippen LogP contribution in [0, 0.1) is 20.8 Å². The fourth-order valence-corrected chi connectivity index (χ4v) is 5.01. The molecule has 0 aliphatic heterocycles. The molecule has 3 aromatic rings. The Morgan fingerprint density at radius 3 is 2.46 bits per heavy atom. The summed E-state index contributed by atoms with van der Waals surface area (Å²) in [7, 11) is 4.27. The maximum atomic E-state index is 12.6. The smallest absolute Gasteiger partial charge is 0.348 e. The molecule has 0 spiro atoms. The third-order valence-electron chi connectivity index (χ3n) is 5.33. The second-order valence-corrected chi connectivity index (χ2v) is 9.49. The van der Waals surface area contributed by atoms with Crippen molar-refractivity contribution in [1.29, 1.82) is 0 Å². The lowest BCUT2D eigenvalue weighted by atomic mass is 10.1. The fraction of sp³-hybridized carbons (Fsp3) is 0.348. The molecule has 2 heterocycles. The molecule has 0 fully saturated rings. The summed E-state index contributed by atoms with van der Waals surface area (Å²) < 4.78 is 17.2. The van der Waals surface area contributed by atoms with Crippen LogP contribution in [0.1, 0.15) is 42.5 Å². The molecule has 186 valence electrons. The number of methoxy groups -OCH3 is 2. The lowest BCUT2D eigenvalue weighted by molar-refractivity contribution is -0.113. The van der Waals surface area contributed by atoms with E-state index < -0.39 is 11.9 Å². The molecule has 0 bridgehead atoms. The molecule has 0 atom stereocenters. The van der Waals surface area contributed by atoms with Crippen molar-refractivity contribution in [2.24, 2.45) is 7.05 Å². The molecule has 3 rings (SSSR count). The molecule has 1 aromatic carbocycles. The minimum absolute atomic E-state index is 0.00887. The monoisotopic (exact) mass is 518 g/mol. The molecule has 2 aromatic heterocycles. The van der Waals surface area contributed by atoms with Crippen LogP contribution in [0.2, 0.25) is 0 Å². The van der Waals surface area contributed by atoms with E-state index in [1.54, 1.807) is 18.5 Å². The van der Waals surface area contributed by atoms with E-state index in [0.29, 0.717) is 16.5 Å². The topological polar surface area (TPSA) is 122 Å². The van der Waals surface area contributed by atoms with Crippen LogP contribution >= 0.6 is 23.1 Å². The third-order valence-corrected chi connectivity index (χ3v) is 7.54. The molecule has 35 heavy (non-hydrogen) atoms. The number of thiophene rings is 1. The minimum atomic E-state index is -0.654. The maximum Gasteiger partial charge on any atom is 0.348 e. The number of rotatable bonds is 9. The van der Waals surface area contributed by atoms with Crippen LogP contribution in [0.5, 0.6) is 5.75 Å². The molecule has 0 aliphatic rings. The summed E-state index contributed by atoms with van der Waals surface area (Å²) in [4.78, 5) is 37.1. The van der Waals surface area contributed by atoms with Gasteiger partial charge in [0.1, 0.15) is 22.2 Å². The van der Waals surface area contributed by atoms with Gasteiger partial charge in [-0.25, -0.2) is 9.59 Å². The fourth-order valence-electron chi connectivity index (χ4n) is 3.15. The molecule has 1 amide bonds. The van der Waals surface area contributed by atoms with Crippen LogP contribution in [-0.2, 0) is 27.9 Å². The molecule has 10 nitrogen and oxygen atoms in total. The molecule has 0 aliphatic carbocycles. The lowest BCUT2D eigenvalue weighted by Gasteiger charge is -2.10. The van der Waals surface area contributed by atoms with Gasteiger partial charge in [-0.1, -0.05) is 23.9 Å². The van der Waals surface area contributed by atoms with E-state index in [-0.39, 0.29) is 33.7 Å². The molecule has 12 heteroatoms. The summed E-state index contributed by atoms with van der Waals surface area (Å²) in [6, 6.07) is 5.86. The van der Waals surface area contributed by atoms with Crippen molar-refractivity contribution in [1.82, 2.24) is 14.8 Å². The van der Waals surface area contributed by atoms with Crippen LogP contribution in [0.25, 0.3) is 0 Å². The van der Waals surface area contributed by atoms with Gasteiger partial charge in [-0.15, -0.1) is 21.5 Å². The Bertz CT molecular complexity index is 1270. The van der Waals surface area contributed by atoms with E-state index in [0.717, 1.165) is 28.2 Å². The van der Waals surface area contributed by atoms with Crippen molar-refractivity contribution in [3.63, 3.8) is 0 Å². The second-order valence-electron chi connectivity index (χ2n) is 7.52. The number of nitrogens with one attached hydrogen (secondary N) is 1. The van der Waals surface area contributed by atoms with Gasteiger partial charge in [-0.05, 0) is 43.5 Å².